The summed E-state index contributed by atoms with van der Waals surface area (Å²) in [4.78, 5) is 14.1. The van der Waals surface area contributed by atoms with Crippen molar-refractivity contribution < 1.29 is 4.79 Å². The first-order chi connectivity index (χ1) is 12.6. The summed E-state index contributed by atoms with van der Waals surface area (Å²) in [6, 6.07) is 14.4. The molecule has 4 rings (SSSR count). The molecule has 0 aliphatic carbocycles. The molecule has 1 aliphatic heterocycles. The van der Waals surface area contributed by atoms with Crippen LogP contribution in [0.4, 0.5) is 5.69 Å². The lowest BCUT2D eigenvalue weighted by Gasteiger charge is -2.17. The Bertz CT molecular complexity index is 1010. The van der Waals surface area contributed by atoms with E-state index in [-0.39, 0.29) is 5.91 Å². The number of benzene rings is 2. The first kappa shape index (κ1) is 16.9. The molecule has 0 spiro atoms. The van der Waals surface area contributed by atoms with E-state index in [9.17, 15) is 4.79 Å². The number of anilines is 1. The van der Waals surface area contributed by atoms with E-state index in [0.717, 1.165) is 29.1 Å². The van der Waals surface area contributed by atoms with Crippen molar-refractivity contribution in [3.63, 3.8) is 0 Å². The molecule has 0 saturated carbocycles. The number of hydrogen-bond donors (Lipinski definition) is 1. The Kier molecular flexibility index (Phi) is 4.32. The van der Waals surface area contributed by atoms with Crippen LogP contribution in [0, 0.1) is 6.92 Å². The molecule has 0 unspecified atom stereocenters. The first-order valence-electron chi connectivity index (χ1n) is 8.76. The minimum atomic E-state index is -0.146. The molecule has 0 radical (unpaired) electrons. The van der Waals surface area contributed by atoms with Crippen molar-refractivity contribution >= 4 is 23.4 Å². The third kappa shape index (κ3) is 2.92. The molecule has 3 aromatic rings. The summed E-state index contributed by atoms with van der Waals surface area (Å²) >= 11 is 1.76. The standard InChI is InChI=1S/C21H21N3OS/c1-4-14-6-5-7-15(11-14)22-21(25)19-17-12-26-18-9-8-13(2)10-16(18)20(17)24(3)23-19/h5-11H,4,12H2,1-3H3,(H,22,25). The van der Waals surface area contributed by atoms with E-state index in [1.54, 1.807) is 11.8 Å². The first-order valence-corrected chi connectivity index (χ1v) is 9.75. The van der Waals surface area contributed by atoms with Crippen molar-refractivity contribution in [3.8, 4) is 11.3 Å². The molecule has 1 aliphatic rings. The van der Waals surface area contributed by atoms with Gasteiger partial charge in [0.15, 0.2) is 5.69 Å². The Morgan fingerprint density at radius 2 is 2.12 bits per heavy atom. The molecule has 5 heteroatoms. The van der Waals surface area contributed by atoms with Crippen LogP contribution >= 0.6 is 11.8 Å². The molecule has 0 saturated heterocycles. The number of fused-ring (bicyclic) bond motifs is 3. The summed E-state index contributed by atoms with van der Waals surface area (Å²) in [5.74, 6) is 0.614. The van der Waals surface area contributed by atoms with Crippen LogP contribution in [-0.4, -0.2) is 15.7 Å². The van der Waals surface area contributed by atoms with Crippen LogP contribution in [0.3, 0.4) is 0 Å². The third-order valence-corrected chi connectivity index (χ3v) is 5.82. The lowest BCUT2D eigenvalue weighted by molar-refractivity contribution is 0.102. The van der Waals surface area contributed by atoms with Crippen LogP contribution in [0.2, 0.25) is 0 Å². The molecule has 0 bridgehead atoms. The maximum atomic E-state index is 12.9. The lowest BCUT2D eigenvalue weighted by atomic mass is 10.0. The van der Waals surface area contributed by atoms with Crippen LogP contribution in [0.25, 0.3) is 11.3 Å². The van der Waals surface area contributed by atoms with Gasteiger partial charge in [-0.2, -0.15) is 5.10 Å². The van der Waals surface area contributed by atoms with Crippen molar-refractivity contribution in [3.05, 3.63) is 64.8 Å². The minimum absolute atomic E-state index is 0.146. The van der Waals surface area contributed by atoms with Gasteiger partial charge >= 0.3 is 0 Å². The maximum absolute atomic E-state index is 12.9. The highest BCUT2D eigenvalue weighted by Crippen LogP contribution is 2.43. The van der Waals surface area contributed by atoms with Gasteiger partial charge in [0.2, 0.25) is 0 Å². The summed E-state index contributed by atoms with van der Waals surface area (Å²) in [7, 11) is 1.91. The van der Waals surface area contributed by atoms with E-state index < -0.39 is 0 Å². The zero-order valence-electron chi connectivity index (χ0n) is 15.2. The third-order valence-electron chi connectivity index (χ3n) is 4.72. The summed E-state index contributed by atoms with van der Waals surface area (Å²) in [5, 5.41) is 7.56. The van der Waals surface area contributed by atoms with Crippen molar-refractivity contribution in [2.75, 3.05) is 5.32 Å². The summed E-state index contributed by atoms with van der Waals surface area (Å²) in [6.45, 7) is 4.19. The number of hydrogen-bond acceptors (Lipinski definition) is 3. The Morgan fingerprint density at radius 1 is 1.27 bits per heavy atom. The number of rotatable bonds is 3. The number of thioether (sulfide) groups is 1. The quantitative estimate of drug-likeness (QED) is 0.726. The van der Waals surface area contributed by atoms with Crippen molar-refractivity contribution in [1.82, 2.24) is 9.78 Å². The van der Waals surface area contributed by atoms with E-state index in [1.165, 1.54) is 21.6 Å². The molecule has 0 atom stereocenters. The molecular weight excluding hydrogens is 342 g/mol. The largest absolute Gasteiger partial charge is 0.321 e. The Labute approximate surface area is 157 Å². The van der Waals surface area contributed by atoms with Crippen LogP contribution in [0.5, 0.6) is 0 Å². The van der Waals surface area contributed by atoms with E-state index in [0.29, 0.717) is 5.69 Å². The van der Waals surface area contributed by atoms with Gasteiger partial charge in [0, 0.05) is 34.5 Å². The van der Waals surface area contributed by atoms with Crippen molar-refractivity contribution in [2.45, 2.75) is 30.9 Å². The number of carbonyl (C=O) groups excluding carboxylic acids is 1. The predicted octanol–water partition coefficient (Wildman–Crippen LogP) is 4.82. The van der Waals surface area contributed by atoms with Crippen molar-refractivity contribution in [2.24, 2.45) is 7.05 Å². The van der Waals surface area contributed by atoms with E-state index >= 15 is 0 Å². The Balaban J connectivity index is 1.71. The van der Waals surface area contributed by atoms with Gasteiger partial charge in [-0.1, -0.05) is 30.7 Å². The molecule has 1 amide bonds. The zero-order valence-corrected chi connectivity index (χ0v) is 16.0. The smallest absolute Gasteiger partial charge is 0.276 e. The van der Waals surface area contributed by atoms with E-state index in [2.05, 4.69) is 48.5 Å². The Hall–Kier alpha value is -2.53. The lowest BCUT2D eigenvalue weighted by Crippen LogP contribution is -2.15. The molecule has 132 valence electrons. The normalized spacial score (nSPS) is 12.4. The number of nitrogens with zero attached hydrogens (tertiary/aromatic N) is 2. The summed E-state index contributed by atoms with van der Waals surface area (Å²) in [5.41, 5.74) is 6.97. The fourth-order valence-electron chi connectivity index (χ4n) is 3.39. The molecule has 4 nitrogen and oxygen atoms in total. The van der Waals surface area contributed by atoms with Gasteiger partial charge < -0.3 is 5.32 Å². The number of amides is 1. The second kappa shape index (κ2) is 6.65. The van der Waals surface area contributed by atoms with Gasteiger partial charge in [0.05, 0.1) is 5.69 Å². The Morgan fingerprint density at radius 3 is 2.92 bits per heavy atom. The second-order valence-electron chi connectivity index (χ2n) is 6.60. The van der Waals surface area contributed by atoms with Crippen LogP contribution in [0.15, 0.2) is 47.4 Å². The number of carbonyl (C=O) groups is 1. The molecule has 26 heavy (non-hydrogen) atoms. The van der Waals surface area contributed by atoms with E-state index in [4.69, 9.17) is 0 Å². The topological polar surface area (TPSA) is 46.9 Å². The monoisotopic (exact) mass is 363 g/mol. The van der Waals surface area contributed by atoms with Gasteiger partial charge in [-0.3, -0.25) is 9.48 Å². The number of aryl methyl sites for hydroxylation is 3. The molecule has 0 fully saturated rings. The summed E-state index contributed by atoms with van der Waals surface area (Å²) in [6.07, 6.45) is 0.940. The highest BCUT2D eigenvalue weighted by Gasteiger charge is 2.27. The van der Waals surface area contributed by atoms with Gasteiger partial charge in [-0.25, -0.2) is 0 Å². The highest BCUT2D eigenvalue weighted by molar-refractivity contribution is 7.98. The second-order valence-corrected chi connectivity index (χ2v) is 7.61. The van der Waals surface area contributed by atoms with Crippen LogP contribution < -0.4 is 5.32 Å². The minimum Gasteiger partial charge on any atom is -0.321 e. The van der Waals surface area contributed by atoms with Crippen LogP contribution in [0.1, 0.15) is 34.1 Å². The SMILES string of the molecule is CCc1cccc(NC(=O)c2nn(C)c3c2CSc2ccc(C)cc2-3)c1. The summed E-state index contributed by atoms with van der Waals surface area (Å²) < 4.78 is 1.84. The predicted molar refractivity (Wildman–Crippen MR) is 107 cm³/mol. The van der Waals surface area contributed by atoms with Gasteiger partial charge in [0.25, 0.3) is 5.91 Å². The molecule has 2 aromatic carbocycles. The average Bonchev–Trinajstić information content (AvgIpc) is 2.99. The van der Waals surface area contributed by atoms with Gasteiger partial charge in [-0.15, -0.1) is 11.8 Å². The molecular formula is C21H21N3OS. The maximum Gasteiger partial charge on any atom is 0.276 e. The van der Waals surface area contributed by atoms with Gasteiger partial charge in [-0.05, 0) is 43.2 Å². The zero-order chi connectivity index (χ0) is 18.3. The number of aromatic nitrogens is 2. The van der Waals surface area contributed by atoms with Gasteiger partial charge in [0.1, 0.15) is 0 Å². The fourth-order valence-corrected chi connectivity index (χ4v) is 4.44. The van der Waals surface area contributed by atoms with E-state index in [1.807, 2.05) is 29.9 Å². The molecule has 1 N–H and O–H groups in total. The van der Waals surface area contributed by atoms with Crippen LogP contribution in [-0.2, 0) is 19.2 Å². The van der Waals surface area contributed by atoms with Crippen molar-refractivity contribution in [1.29, 1.82) is 0 Å². The highest BCUT2D eigenvalue weighted by atomic mass is 32.2. The fraction of sp³-hybridized carbons (Fsp3) is 0.238. The number of nitrogens with one attached hydrogen (secondary N) is 1. The molecule has 1 aromatic heterocycles. The average molecular weight is 363 g/mol. The molecule has 2 heterocycles.